The Morgan fingerprint density at radius 3 is 2.15 bits per heavy atom. The second kappa shape index (κ2) is 9.82. The normalized spacial score (nSPS) is 11.1. The Kier molecular flexibility index (Phi) is 6.04. The first-order valence-corrected chi connectivity index (χ1v) is 12.3. The summed E-state index contributed by atoms with van der Waals surface area (Å²) >= 11 is 0. The van der Waals surface area contributed by atoms with Gasteiger partial charge in [0.2, 0.25) is 0 Å². The minimum absolute atomic E-state index is 0.257. The Bertz CT molecular complexity index is 1850. The third kappa shape index (κ3) is 4.37. The summed E-state index contributed by atoms with van der Waals surface area (Å²) in [5.74, 6) is -0.815. The molecule has 0 aliphatic carbocycles. The zero-order valence-corrected chi connectivity index (χ0v) is 21.2. The number of aryl methyl sites for hydroxylation is 1. The van der Waals surface area contributed by atoms with Gasteiger partial charge in [0.25, 0.3) is 5.91 Å². The zero-order valence-electron chi connectivity index (χ0n) is 21.2. The first-order valence-electron chi connectivity index (χ1n) is 12.3. The van der Waals surface area contributed by atoms with Crippen molar-refractivity contribution < 1.29 is 14.3 Å². The van der Waals surface area contributed by atoms with Gasteiger partial charge >= 0.3 is 5.97 Å². The van der Waals surface area contributed by atoms with Crippen molar-refractivity contribution in [2.24, 2.45) is 0 Å². The van der Waals surface area contributed by atoms with Crippen molar-refractivity contribution in [2.45, 2.75) is 13.8 Å². The lowest BCUT2D eigenvalue weighted by molar-refractivity contribution is 0.0528. The molecular weight excluding hydrogens is 494 g/mol. The molecule has 4 aromatic heterocycles. The van der Waals surface area contributed by atoms with Crippen LogP contribution in [0.5, 0.6) is 0 Å². The maximum atomic E-state index is 13.3. The highest BCUT2D eigenvalue weighted by atomic mass is 16.5. The van der Waals surface area contributed by atoms with E-state index >= 15 is 0 Å². The summed E-state index contributed by atoms with van der Waals surface area (Å²) < 4.78 is 8.36. The van der Waals surface area contributed by atoms with Crippen molar-refractivity contribution in [1.29, 1.82) is 0 Å². The van der Waals surface area contributed by atoms with Crippen LogP contribution in [-0.2, 0) is 4.74 Å². The summed E-state index contributed by atoms with van der Waals surface area (Å²) in [7, 11) is 0. The molecule has 2 aromatic carbocycles. The molecule has 0 radical (unpaired) electrons. The molecular formula is C29H23N7O3. The lowest BCUT2D eigenvalue weighted by Gasteiger charge is -2.09. The van der Waals surface area contributed by atoms with E-state index in [0.717, 1.165) is 22.4 Å². The number of nitrogens with zero attached hydrogens (tertiary/aromatic N) is 6. The van der Waals surface area contributed by atoms with Crippen LogP contribution in [-0.4, -0.2) is 47.7 Å². The summed E-state index contributed by atoms with van der Waals surface area (Å²) in [6.45, 7) is 4.03. The van der Waals surface area contributed by atoms with Crippen molar-refractivity contribution in [3.63, 3.8) is 0 Å². The van der Waals surface area contributed by atoms with Crippen LogP contribution < -0.4 is 5.32 Å². The number of carbonyl (C=O) groups is 2. The smallest absolute Gasteiger partial charge is 0.343 e. The molecule has 0 fully saturated rings. The fourth-order valence-electron chi connectivity index (χ4n) is 4.41. The number of benzene rings is 2. The average molecular weight is 518 g/mol. The predicted octanol–water partition coefficient (Wildman–Crippen LogP) is 4.84. The standard InChI is InChI=1S/C29H23N7O3/c1-3-39-29(38)23-17-33-36-25(12-14-31-27(23)36)20-5-4-6-21(15-20)34-28(37)22-16-32-35-24(11-13-30-26(22)35)19-9-7-18(2)8-10-19/h4-17H,3H2,1-2H3,(H,34,37). The van der Waals surface area contributed by atoms with Crippen LogP contribution in [0.3, 0.4) is 0 Å². The number of hydrogen-bond acceptors (Lipinski definition) is 7. The fourth-order valence-corrected chi connectivity index (χ4v) is 4.41. The zero-order chi connectivity index (χ0) is 26.9. The lowest BCUT2D eigenvalue weighted by atomic mass is 10.1. The predicted molar refractivity (Wildman–Crippen MR) is 145 cm³/mol. The summed E-state index contributed by atoms with van der Waals surface area (Å²) in [5.41, 5.74) is 6.52. The molecule has 6 aromatic rings. The fraction of sp³-hybridized carbons (Fsp3) is 0.103. The van der Waals surface area contributed by atoms with Gasteiger partial charge in [0.1, 0.15) is 11.1 Å². The molecule has 0 unspecified atom stereocenters. The van der Waals surface area contributed by atoms with Crippen LogP contribution in [0.1, 0.15) is 33.2 Å². The molecule has 6 rings (SSSR count). The maximum absolute atomic E-state index is 13.3. The highest BCUT2D eigenvalue weighted by Gasteiger charge is 2.19. The monoisotopic (exact) mass is 517 g/mol. The first kappa shape index (κ1) is 24.0. The average Bonchev–Trinajstić information content (AvgIpc) is 3.59. The number of amides is 1. The molecule has 4 heterocycles. The highest BCUT2D eigenvalue weighted by molar-refractivity contribution is 6.08. The number of nitrogens with one attached hydrogen (secondary N) is 1. The van der Waals surface area contributed by atoms with Gasteiger partial charge in [-0.1, -0.05) is 42.0 Å². The Hall–Kier alpha value is -5.38. The molecule has 39 heavy (non-hydrogen) atoms. The van der Waals surface area contributed by atoms with E-state index in [2.05, 4.69) is 25.5 Å². The van der Waals surface area contributed by atoms with E-state index < -0.39 is 5.97 Å². The highest BCUT2D eigenvalue weighted by Crippen LogP contribution is 2.26. The quantitative estimate of drug-likeness (QED) is 0.314. The SMILES string of the molecule is CCOC(=O)c1cnn2c(-c3cccc(NC(=O)c4cnn5c(-c6ccc(C)cc6)ccnc45)c3)ccnc12. The largest absolute Gasteiger partial charge is 0.462 e. The van der Waals surface area contributed by atoms with E-state index in [4.69, 9.17) is 4.74 Å². The molecule has 192 valence electrons. The molecule has 1 amide bonds. The Balaban J connectivity index is 1.30. The van der Waals surface area contributed by atoms with E-state index in [-0.39, 0.29) is 18.1 Å². The van der Waals surface area contributed by atoms with Crippen molar-refractivity contribution in [1.82, 2.24) is 29.2 Å². The van der Waals surface area contributed by atoms with Crippen molar-refractivity contribution in [3.05, 3.63) is 102 Å². The van der Waals surface area contributed by atoms with Crippen LogP contribution in [0.4, 0.5) is 5.69 Å². The minimum Gasteiger partial charge on any atom is -0.462 e. The first-order chi connectivity index (χ1) is 19.0. The molecule has 0 aliphatic heterocycles. The lowest BCUT2D eigenvalue weighted by Crippen LogP contribution is -2.12. The van der Waals surface area contributed by atoms with Gasteiger partial charge in [0.15, 0.2) is 11.3 Å². The van der Waals surface area contributed by atoms with Gasteiger partial charge in [-0.25, -0.2) is 23.8 Å². The van der Waals surface area contributed by atoms with Gasteiger partial charge in [0, 0.05) is 29.2 Å². The number of aromatic nitrogens is 6. The van der Waals surface area contributed by atoms with Gasteiger partial charge < -0.3 is 10.1 Å². The number of rotatable bonds is 6. The second-order valence-corrected chi connectivity index (χ2v) is 8.87. The third-order valence-corrected chi connectivity index (χ3v) is 6.31. The second-order valence-electron chi connectivity index (χ2n) is 8.87. The van der Waals surface area contributed by atoms with Gasteiger partial charge in [-0.05, 0) is 38.1 Å². The minimum atomic E-state index is -0.481. The molecule has 0 saturated carbocycles. The molecule has 0 spiro atoms. The van der Waals surface area contributed by atoms with E-state index in [1.807, 2.05) is 55.5 Å². The van der Waals surface area contributed by atoms with E-state index in [1.165, 1.54) is 12.4 Å². The Morgan fingerprint density at radius 2 is 1.46 bits per heavy atom. The Morgan fingerprint density at radius 1 is 0.821 bits per heavy atom. The Labute approximate surface area is 222 Å². The van der Waals surface area contributed by atoms with E-state index in [9.17, 15) is 9.59 Å². The van der Waals surface area contributed by atoms with Crippen molar-refractivity contribution in [3.8, 4) is 22.5 Å². The van der Waals surface area contributed by atoms with Gasteiger partial charge in [0.05, 0.1) is 30.4 Å². The number of ether oxygens (including phenoxy) is 1. The number of carbonyl (C=O) groups excluding carboxylic acids is 2. The summed E-state index contributed by atoms with van der Waals surface area (Å²) in [4.78, 5) is 34.3. The van der Waals surface area contributed by atoms with E-state index in [0.29, 0.717) is 28.2 Å². The van der Waals surface area contributed by atoms with Gasteiger partial charge in [-0.3, -0.25) is 4.79 Å². The van der Waals surface area contributed by atoms with Gasteiger partial charge in [-0.15, -0.1) is 0 Å². The molecule has 0 bridgehead atoms. The van der Waals surface area contributed by atoms with Crippen LogP contribution in [0, 0.1) is 6.92 Å². The summed E-state index contributed by atoms with van der Waals surface area (Å²) in [6, 6.07) is 19.1. The number of anilines is 1. The number of fused-ring (bicyclic) bond motifs is 2. The molecule has 10 nitrogen and oxygen atoms in total. The van der Waals surface area contributed by atoms with Crippen LogP contribution in [0.2, 0.25) is 0 Å². The van der Waals surface area contributed by atoms with E-state index in [1.54, 1.807) is 40.5 Å². The van der Waals surface area contributed by atoms with Crippen LogP contribution >= 0.6 is 0 Å². The molecule has 0 aliphatic rings. The van der Waals surface area contributed by atoms with Crippen molar-refractivity contribution in [2.75, 3.05) is 11.9 Å². The van der Waals surface area contributed by atoms with Crippen LogP contribution in [0.25, 0.3) is 33.8 Å². The maximum Gasteiger partial charge on any atom is 0.343 e. The number of esters is 1. The molecule has 0 atom stereocenters. The van der Waals surface area contributed by atoms with Crippen molar-refractivity contribution >= 4 is 28.9 Å². The molecule has 10 heteroatoms. The van der Waals surface area contributed by atoms with Crippen LogP contribution in [0.15, 0.2) is 85.5 Å². The topological polar surface area (TPSA) is 116 Å². The van der Waals surface area contributed by atoms with Gasteiger partial charge in [-0.2, -0.15) is 10.2 Å². The molecule has 1 N–H and O–H groups in total. The summed E-state index contributed by atoms with van der Waals surface area (Å²) in [5, 5.41) is 11.7. The number of hydrogen-bond donors (Lipinski definition) is 1. The summed E-state index contributed by atoms with van der Waals surface area (Å²) in [6.07, 6.45) is 6.24. The molecule has 0 saturated heterocycles. The third-order valence-electron chi connectivity index (χ3n) is 6.31.